The largest absolute Gasteiger partial charge is 0.494 e. The van der Waals surface area contributed by atoms with Crippen LogP contribution in [-0.4, -0.2) is 18.8 Å². The average Bonchev–Trinajstić information content (AvgIpc) is 2.58. The SMILES string of the molecule is COc1ccc(CNC(=O)CCC(=O)c2ccc(C)cc2)cc1F. The second kappa shape index (κ2) is 8.24. The fourth-order valence-corrected chi connectivity index (χ4v) is 2.22. The van der Waals surface area contributed by atoms with E-state index in [9.17, 15) is 14.0 Å². The van der Waals surface area contributed by atoms with Gasteiger partial charge in [0.05, 0.1) is 7.11 Å². The van der Waals surface area contributed by atoms with Crippen LogP contribution in [0.15, 0.2) is 42.5 Å². The molecule has 126 valence electrons. The second-order valence-corrected chi connectivity index (χ2v) is 5.53. The zero-order valence-corrected chi connectivity index (χ0v) is 13.8. The molecule has 0 saturated carbocycles. The molecular weight excluding hydrogens is 309 g/mol. The summed E-state index contributed by atoms with van der Waals surface area (Å²) < 4.78 is 18.4. The van der Waals surface area contributed by atoms with Gasteiger partial charge in [0.1, 0.15) is 0 Å². The van der Waals surface area contributed by atoms with Crippen molar-refractivity contribution in [2.45, 2.75) is 26.3 Å². The topological polar surface area (TPSA) is 55.4 Å². The van der Waals surface area contributed by atoms with Crippen molar-refractivity contribution >= 4 is 11.7 Å². The van der Waals surface area contributed by atoms with E-state index in [2.05, 4.69) is 5.32 Å². The first-order chi connectivity index (χ1) is 11.5. The van der Waals surface area contributed by atoms with Gasteiger partial charge in [0.25, 0.3) is 0 Å². The highest BCUT2D eigenvalue weighted by Crippen LogP contribution is 2.17. The predicted molar refractivity (Wildman–Crippen MR) is 89.5 cm³/mol. The number of halogens is 1. The summed E-state index contributed by atoms with van der Waals surface area (Å²) in [6, 6.07) is 11.8. The Balaban J connectivity index is 1.80. The lowest BCUT2D eigenvalue weighted by molar-refractivity contribution is -0.121. The molecule has 0 aliphatic carbocycles. The number of ketones is 1. The molecule has 2 rings (SSSR count). The van der Waals surface area contributed by atoms with Gasteiger partial charge in [-0.05, 0) is 24.6 Å². The van der Waals surface area contributed by atoms with E-state index in [-0.39, 0.29) is 36.8 Å². The number of aryl methyl sites for hydroxylation is 1. The van der Waals surface area contributed by atoms with Gasteiger partial charge in [-0.1, -0.05) is 35.9 Å². The van der Waals surface area contributed by atoms with E-state index < -0.39 is 5.82 Å². The maximum Gasteiger partial charge on any atom is 0.220 e. The quantitative estimate of drug-likeness (QED) is 0.792. The smallest absolute Gasteiger partial charge is 0.220 e. The van der Waals surface area contributed by atoms with Gasteiger partial charge < -0.3 is 10.1 Å². The number of hydrogen-bond donors (Lipinski definition) is 1. The summed E-state index contributed by atoms with van der Waals surface area (Å²) in [7, 11) is 1.39. The van der Waals surface area contributed by atoms with Crippen molar-refractivity contribution in [1.82, 2.24) is 5.32 Å². The van der Waals surface area contributed by atoms with Crippen LogP contribution in [0, 0.1) is 12.7 Å². The molecule has 0 fully saturated rings. The van der Waals surface area contributed by atoms with Gasteiger partial charge in [0.15, 0.2) is 17.3 Å². The lowest BCUT2D eigenvalue weighted by atomic mass is 10.0. The molecule has 2 aromatic rings. The van der Waals surface area contributed by atoms with Crippen molar-refractivity contribution in [2.75, 3.05) is 7.11 Å². The summed E-state index contributed by atoms with van der Waals surface area (Å²) in [5.74, 6) is -0.625. The number of carbonyl (C=O) groups is 2. The van der Waals surface area contributed by atoms with E-state index in [4.69, 9.17) is 4.74 Å². The van der Waals surface area contributed by atoms with Gasteiger partial charge in [-0.3, -0.25) is 9.59 Å². The Morgan fingerprint density at radius 2 is 1.79 bits per heavy atom. The minimum Gasteiger partial charge on any atom is -0.494 e. The van der Waals surface area contributed by atoms with Gasteiger partial charge in [0, 0.05) is 24.9 Å². The normalized spacial score (nSPS) is 10.3. The number of amides is 1. The number of ether oxygens (including phenoxy) is 1. The number of nitrogens with one attached hydrogen (secondary N) is 1. The highest BCUT2D eigenvalue weighted by Gasteiger charge is 2.10. The molecule has 5 heteroatoms. The Bertz CT molecular complexity index is 726. The molecule has 0 bridgehead atoms. The van der Waals surface area contributed by atoms with Crippen LogP contribution in [-0.2, 0) is 11.3 Å². The molecule has 1 N–H and O–H groups in total. The first-order valence-electron chi connectivity index (χ1n) is 7.68. The maximum atomic E-state index is 13.6. The van der Waals surface area contributed by atoms with Crippen molar-refractivity contribution in [3.63, 3.8) is 0 Å². The predicted octanol–water partition coefficient (Wildman–Crippen LogP) is 3.42. The summed E-state index contributed by atoms with van der Waals surface area (Å²) in [6.45, 7) is 2.15. The first-order valence-corrected chi connectivity index (χ1v) is 7.68. The van der Waals surface area contributed by atoms with Crippen LogP contribution in [0.5, 0.6) is 5.75 Å². The molecule has 1 amide bonds. The van der Waals surface area contributed by atoms with E-state index in [0.29, 0.717) is 11.1 Å². The Morgan fingerprint density at radius 3 is 2.42 bits per heavy atom. The molecule has 0 heterocycles. The van der Waals surface area contributed by atoms with E-state index in [0.717, 1.165) is 5.56 Å². The van der Waals surface area contributed by atoms with E-state index in [1.54, 1.807) is 18.2 Å². The molecule has 4 nitrogen and oxygen atoms in total. The van der Waals surface area contributed by atoms with Crippen molar-refractivity contribution < 1.29 is 18.7 Å². The Hall–Kier alpha value is -2.69. The molecule has 24 heavy (non-hydrogen) atoms. The summed E-state index contributed by atoms with van der Waals surface area (Å²) in [5.41, 5.74) is 2.31. The van der Waals surface area contributed by atoms with Gasteiger partial charge in [-0.15, -0.1) is 0 Å². The Kier molecular flexibility index (Phi) is 6.07. The fourth-order valence-electron chi connectivity index (χ4n) is 2.22. The molecule has 0 saturated heterocycles. The van der Waals surface area contributed by atoms with E-state index in [1.165, 1.54) is 19.2 Å². The zero-order valence-electron chi connectivity index (χ0n) is 13.8. The molecule has 2 aromatic carbocycles. The highest BCUT2D eigenvalue weighted by atomic mass is 19.1. The van der Waals surface area contributed by atoms with Crippen molar-refractivity contribution in [2.24, 2.45) is 0 Å². The number of Topliss-reactive ketones (excluding diaryl/α,β-unsaturated/α-hetero) is 1. The molecule has 0 aliphatic rings. The number of benzene rings is 2. The monoisotopic (exact) mass is 329 g/mol. The number of rotatable bonds is 7. The molecule has 0 aromatic heterocycles. The van der Waals surface area contributed by atoms with Crippen molar-refractivity contribution in [3.05, 3.63) is 65.0 Å². The number of methoxy groups -OCH3 is 1. The summed E-state index contributed by atoms with van der Waals surface area (Å²) in [5, 5.41) is 2.68. The Labute approximate surface area is 140 Å². The van der Waals surface area contributed by atoms with Gasteiger partial charge >= 0.3 is 0 Å². The van der Waals surface area contributed by atoms with Crippen molar-refractivity contribution in [3.8, 4) is 5.75 Å². The highest BCUT2D eigenvalue weighted by molar-refractivity contribution is 5.97. The molecule has 0 atom stereocenters. The van der Waals surface area contributed by atoms with E-state index >= 15 is 0 Å². The lowest BCUT2D eigenvalue weighted by Crippen LogP contribution is -2.23. The van der Waals surface area contributed by atoms with E-state index in [1.807, 2.05) is 19.1 Å². The minimum atomic E-state index is -0.473. The zero-order chi connectivity index (χ0) is 17.5. The fraction of sp³-hybridized carbons (Fsp3) is 0.263. The molecular formula is C19H20FNO3. The van der Waals surface area contributed by atoms with Crippen LogP contribution in [0.3, 0.4) is 0 Å². The summed E-state index contributed by atoms with van der Waals surface area (Å²) in [6.07, 6.45) is 0.247. The number of carbonyl (C=O) groups excluding carboxylic acids is 2. The third-order valence-corrected chi connectivity index (χ3v) is 3.66. The van der Waals surface area contributed by atoms with Gasteiger partial charge in [-0.2, -0.15) is 0 Å². The van der Waals surface area contributed by atoms with Crippen LogP contribution < -0.4 is 10.1 Å². The first kappa shape index (κ1) is 17.7. The summed E-state index contributed by atoms with van der Waals surface area (Å²) in [4.78, 5) is 23.8. The molecule has 0 spiro atoms. The molecule has 0 unspecified atom stereocenters. The van der Waals surface area contributed by atoms with Gasteiger partial charge in [0.2, 0.25) is 5.91 Å². The lowest BCUT2D eigenvalue weighted by Gasteiger charge is -2.07. The molecule has 0 radical (unpaired) electrons. The third kappa shape index (κ3) is 4.91. The van der Waals surface area contributed by atoms with Crippen molar-refractivity contribution in [1.29, 1.82) is 0 Å². The van der Waals surface area contributed by atoms with Crippen LogP contribution in [0.2, 0.25) is 0 Å². The van der Waals surface area contributed by atoms with Crippen LogP contribution in [0.4, 0.5) is 4.39 Å². The number of hydrogen-bond acceptors (Lipinski definition) is 3. The third-order valence-electron chi connectivity index (χ3n) is 3.66. The minimum absolute atomic E-state index is 0.0689. The summed E-state index contributed by atoms with van der Waals surface area (Å²) >= 11 is 0. The second-order valence-electron chi connectivity index (χ2n) is 5.53. The van der Waals surface area contributed by atoms with Crippen LogP contribution in [0.25, 0.3) is 0 Å². The standard InChI is InChI=1S/C19H20FNO3/c1-13-3-6-15(7-4-13)17(22)8-10-19(23)21-12-14-5-9-18(24-2)16(20)11-14/h3-7,9,11H,8,10,12H2,1-2H3,(H,21,23). The van der Waals surface area contributed by atoms with Crippen LogP contribution in [0.1, 0.15) is 34.3 Å². The average molecular weight is 329 g/mol. The van der Waals surface area contributed by atoms with Crippen LogP contribution >= 0.6 is 0 Å². The van der Waals surface area contributed by atoms with Gasteiger partial charge in [-0.25, -0.2) is 4.39 Å². The maximum absolute atomic E-state index is 13.6. The Morgan fingerprint density at radius 1 is 1.08 bits per heavy atom. The molecule has 0 aliphatic heterocycles.